The van der Waals surface area contributed by atoms with Crippen LogP contribution in [0, 0.1) is 17.3 Å². The molecule has 4 fully saturated rings. The zero-order chi connectivity index (χ0) is 10.2. The molecule has 2 aliphatic heterocycles. The Morgan fingerprint density at radius 2 is 2.40 bits per heavy atom. The maximum Gasteiger partial charge on any atom is 0.147 e. The van der Waals surface area contributed by atoms with Gasteiger partial charge in [-0.25, -0.2) is 9.97 Å². The first kappa shape index (κ1) is 8.30. The van der Waals surface area contributed by atoms with Gasteiger partial charge in [-0.05, 0) is 11.8 Å². The van der Waals surface area contributed by atoms with Gasteiger partial charge in [-0.15, -0.1) is 0 Å². The molecule has 4 atom stereocenters. The van der Waals surface area contributed by atoms with Crippen molar-refractivity contribution in [3.05, 3.63) is 17.5 Å². The number of rotatable bonds is 2. The van der Waals surface area contributed by atoms with Crippen LogP contribution in [-0.2, 0) is 0 Å². The minimum atomic E-state index is 0.237. The predicted molar refractivity (Wildman–Crippen MR) is 54.7 cm³/mol. The fraction of sp³-hybridized carbons (Fsp3) is 0.600. The third kappa shape index (κ3) is 0.764. The zero-order valence-corrected chi connectivity index (χ0v) is 8.72. The van der Waals surface area contributed by atoms with Gasteiger partial charge in [0, 0.05) is 18.0 Å². The first-order valence-electron chi connectivity index (χ1n) is 5.14. The fourth-order valence-electron chi connectivity index (χ4n) is 3.46. The Hall–Kier alpha value is -0.870. The van der Waals surface area contributed by atoms with E-state index in [-0.39, 0.29) is 5.41 Å². The van der Waals surface area contributed by atoms with Gasteiger partial charge in [-0.1, -0.05) is 11.6 Å². The summed E-state index contributed by atoms with van der Waals surface area (Å²) < 4.78 is 0. The monoisotopic (exact) mass is 223 g/mol. The highest BCUT2D eigenvalue weighted by atomic mass is 35.5. The standard InChI is InChI=1S/C10H10ClN3O/c11-6-1-13-7(2-12-6)14-3-5-8-9(14)10(5,8)4-15/h1-2,5,8-9,15H,3-4H2/t5-,8-,9?,10+/m1/s1. The van der Waals surface area contributed by atoms with Crippen molar-refractivity contribution in [1.82, 2.24) is 9.97 Å². The minimum absolute atomic E-state index is 0.237. The molecule has 0 aromatic carbocycles. The molecule has 5 rings (SSSR count). The molecule has 3 heterocycles. The molecule has 5 heteroatoms. The first-order valence-corrected chi connectivity index (χ1v) is 5.52. The smallest absolute Gasteiger partial charge is 0.147 e. The van der Waals surface area contributed by atoms with Crippen LogP contribution in [0.2, 0.25) is 5.15 Å². The summed E-state index contributed by atoms with van der Waals surface area (Å²) in [6.07, 6.45) is 3.29. The Kier molecular flexibility index (Phi) is 1.26. The number of aliphatic hydroxyl groups is 1. The zero-order valence-electron chi connectivity index (χ0n) is 7.97. The van der Waals surface area contributed by atoms with Crippen LogP contribution < -0.4 is 4.90 Å². The molecule has 1 aromatic rings. The van der Waals surface area contributed by atoms with Crippen molar-refractivity contribution in [1.29, 1.82) is 0 Å². The quantitative estimate of drug-likeness (QED) is 0.796. The molecule has 2 aliphatic carbocycles. The van der Waals surface area contributed by atoms with Crippen molar-refractivity contribution in [3.63, 3.8) is 0 Å². The van der Waals surface area contributed by atoms with E-state index in [1.165, 1.54) is 0 Å². The van der Waals surface area contributed by atoms with Gasteiger partial charge in [0.05, 0.1) is 19.0 Å². The normalized spacial score (nSPS) is 44.1. The van der Waals surface area contributed by atoms with Crippen LogP contribution in [0.3, 0.4) is 0 Å². The molecular formula is C10H10ClN3O. The molecule has 4 nitrogen and oxygen atoms in total. The molecule has 2 saturated heterocycles. The molecule has 2 saturated carbocycles. The number of hydrogen-bond acceptors (Lipinski definition) is 4. The fourth-order valence-corrected chi connectivity index (χ4v) is 3.56. The van der Waals surface area contributed by atoms with Gasteiger partial charge >= 0.3 is 0 Å². The van der Waals surface area contributed by atoms with E-state index in [0.29, 0.717) is 23.7 Å². The maximum absolute atomic E-state index is 9.31. The van der Waals surface area contributed by atoms with Gasteiger partial charge in [0.25, 0.3) is 0 Å². The van der Waals surface area contributed by atoms with Crippen LogP contribution in [-0.4, -0.2) is 34.3 Å². The summed E-state index contributed by atoms with van der Waals surface area (Å²) in [5.41, 5.74) is 0.237. The van der Waals surface area contributed by atoms with E-state index in [4.69, 9.17) is 11.6 Å². The number of piperidine rings is 1. The summed E-state index contributed by atoms with van der Waals surface area (Å²) in [6, 6.07) is 0.517. The van der Waals surface area contributed by atoms with E-state index in [2.05, 4.69) is 14.9 Å². The van der Waals surface area contributed by atoms with E-state index in [1.54, 1.807) is 12.4 Å². The second-order valence-electron chi connectivity index (χ2n) is 4.70. The van der Waals surface area contributed by atoms with E-state index in [9.17, 15) is 5.11 Å². The molecule has 15 heavy (non-hydrogen) atoms. The van der Waals surface area contributed by atoms with Crippen molar-refractivity contribution in [2.24, 2.45) is 17.3 Å². The van der Waals surface area contributed by atoms with Crippen molar-refractivity contribution in [3.8, 4) is 0 Å². The van der Waals surface area contributed by atoms with Gasteiger partial charge in [0.15, 0.2) is 0 Å². The second-order valence-corrected chi connectivity index (χ2v) is 5.08. The number of hydrogen-bond donors (Lipinski definition) is 1. The predicted octanol–water partition coefficient (Wildman–Crippen LogP) is 0.557. The van der Waals surface area contributed by atoms with Crippen LogP contribution >= 0.6 is 11.6 Å². The number of fused-ring (bicyclic) bond motifs is 1. The van der Waals surface area contributed by atoms with Crippen LogP contribution in [0.25, 0.3) is 0 Å². The third-order valence-electron chi connectivity index (χ3n) is 4.32. The minimum Gasteiger partial charge on any atom is -0.396 e. The molecule has 1 N–H and O–H groups in total. The SMILES string of the molecule is OC[C@@]12C3[C@H]1[C@H]2CN3c1cnc(Cl)cn1. The second kappa shape index (κ2) is 2.28. The average Bonchev–Trinajstić information content (AvgIpc) is 2.98. The topological polar surface area (TPSA) is 49.2 Å². The number of anilines is 1. The Morgan fingerprint density at radius 1 is 1.53 bits per heavy atom. The number of halogens is 1. The Bertz CT molecular complexity index is 431. The third-order valence-corrected chi connectivity index (χ3v) is 4.52. The van der Waals surface area contributed by atoms with Crippen molar-refractivity contribution in [2.75, 3.05) is 18.1 Å². The highest BCUT2D eigenvalue weighted by molar-refractivity contribution is 6.29. The molecule has 0 amide bonds. The summed E-state index contributed by atoms with van der Waals surface area (Å²) in [7, 11) is 0. The van der Waals surface area contributed by atoms with Gasteiger partial charge < -0.3 is 10.0 Å². The molecule has 1 aromatic heterocycles. The lowest BCUT2D eigenvalue weighted by Gasteiger charge is -2.16. The molecular weight excluding hydrogens is 214 g/mol. The molecule has 2 bridgehead atoms. The maximum atomic E-state index is 9.31. The highest BCUT2D eigenvalue weighted by Gasteiger charge is 2.92. The lowest BCUT2D eigenvalue weighted by atomic mass is 10.1. The van der Waals surface area contributed by atoms with Crippen LogP contribution in [0.4, 0.5) is 5.82 Å². The molecule has 0 spiro atoms. The van der Waals surface area contributed by atoms with E-state index in [1.807, 2.05) is 0 Å². The van der Waals surface area contributed by atoms with E-state index < -0.39 is 0 Å². The van der Waals surface area contributed by atoms with E-state index >= 15 is 0 Å². The van der Waals surface area contributed by atoms with Crippen molar-refractivity contribution < 1.29 is 5.11 Å². The summed E-state index contributed by atoms with van der Waals surface area (Å²) in [4.78, 5) is 10.6. The molecule has 0 radical (unpaired) electrons. The van der Waals surface area contributed by atoms with Crippen LogP contribution in [0.5, 0.6) is 0 Å². The number of aliphatic hydroxyl groups excluding tert-OH is 1. The lowest BCUT2D eigenvalue weighted by Crippen LogP contribution is -2.23. The summed E-state index contributed by atoms with van der Waals surface area (Å²) in [5, 5.41) is 9.74. The largest absolute Gasteiger partial charge is 0.396 e. The summed E-state index contributed by atoms with van der Waals surface area (Å²) >= 11 is 5.69. The summed E-state index contributed by atoms with van der Waals surface area (Å²) in [5.74, 6) is 2.31. The molecule has 4 aliphatic rings. The Morgan fingerprint density at radius 3 is 2.93 bits per heavy atom. The lowest BCUT2D eigenvalue weighted by molar-refractivity contribution is 0.235. The first-order chi connectivity index (χ1) is 7.29. The number of nitrogens with zero attached hydrogens (tertiary/aromatic N) is 3. The van der Waals surface area contributed by atoms with Gasteiger partial charge in [-0.2, -0.15) is 0 Å². The van der Waals surface area contributed by atoms with Crippen molar-refractivity contribution >= 4 is 17.4 Å². The van der Waals surface area contributed by atoms with Crippen molar-refractivity contribution in [2.45, 2.75) is 6.04 Å². The van der Waals surface area contributed by atoms with Gasteiger partial charge in [0.2, 0.25) is 0 Å². The Balaban J connectivity index is 1.64. The molecule has 1 unspecified atom stereocenters. The van der Waals surface area contributed by atoms with Gasteiger partial charge in [0.1, 0.15) is 11.0 Å². The Labute approximate surface area is 91.9 Å². The average molecular weight is 224 g/mol. The van der Waals surface area contributed by atoms with E-state index in [0.717, 1.165) is 18.3 Å². The van der Waals surface area contributed by atoms with Gasteiger partial charge in [-0.3, -0.25) is 0 Å². The summed E-state index contributed by atoms with van der Waals surface area (Å²) in [6.45, 7) is 1.34. The highest BCUT2D eigenvalue weighted by Crippen LogP contribution is 2.85. The number of aromatic nitrogens is 2. The van der Waals surface area contributed by atoms with Crippen LogP contribution in [0.1, 0.15) is 0 Å². The van der Waals surface area contributed by atoms with Crippen LogP contribution in [0.15, 0.2) is 12.4 Å². The molecule has 78 valence electrons.